The molecule has 3 aromatic carbocycles. The normalized spacial score (nSPS) is 15.8. The predicted octanol–water partition coefficient (Wildman–Crippen LogP) is 7.06. The Morgan fingerprint density at radius 1 is 1.09 bits per heavy atom. The maximum Gasteiger partial charge on any atom is 0.227 e. The van der Waals surface area contributed by atoms with Gasteiger partial charge in [0.2, 0.25) is 5.91 Å². The number of fused-ring (bicyclic) bond motifs is 1. The highest BCUT2D eigenvalue weighted by Crippen LogP contribution is 2.34. The molecular weight excluding hydrogens is 526 g/mol. The predicted molar refractivity (Wildman–Crippen MR) is 145 cm³/mol. The molecule has 1 amide bonds. The lowest BCUT2D eigenvalue weighted by molar-refractivity contribution is -0.117. The summed E-state index contributed by atoms with van der Waals surface area (Å²) in [5, 5.41) is 0.787. The van der Waals surface area contributed by atoms with Crippen LogP contribution < -0.4 is 9.64 Å². The third kappa shape index (κ3) is 4.95. The molecule has 0 N–H and O–H groups in total. The first-order chi connectivity index (χ1) is 16.9. The number of anilines is 1. The lowest BCUT2D eigenvalue weighted by Gasteiger charge is -2.18. The van der Waals surface area contributed by atoms with Gasteiger partial charge in [0.1, 0.15) is 11.6 Å². The van der Waals surface area contributed by atoms with Crippen LogP contribution in [-0.2, 0) is 11.3 Å². The van der Waals surface area contributed by atoms with Gasteiger partial charge in [-0.25, -0.2) is 4.98 Å². The van der Waals surface area contributed by atoms with Crippen molar-refractivity contribution in [3.63, 3.8) is 0 Å². The molecule has 1 aliphatic rings. The van der Waals surface area contributed by atoms with E-state index < -0.39 is 0 Å². The van der Waals surface area contributed by atoms with Crippen LogP contribution in [0.4, 0.5) is 5.69 Å². The summed E-state index contributed by atoms with van der Waals surface area (Å²) in [4.78, 5) is 19.8. The zero-order valence-electron chi connectivity index (χ0n) is 19.8. The van der Waals surface area contributed by atoms with Gasteiger partial charge in [-0.05, 0) is 73.9 Å². The van der Waals surface area contributed by atoms with E-state index in [-0.39, 0.29) is 11.8 Å². The first-order valence-corrected chi connectivity index (χ1v) is 13.0. The van der Waals surface area contributed by atoms with Crippen LogP contribution in [0, 0.1) is 13.8 Å². The van der Waals surface area contributed by atoms with Crippen LogP contribution >= 0.6 is 27.5 Å². The highest BCUT2D eigenvalue weighted by Gasteiger charge is 2.34. The summed E-state index contributed by atoms with van der Waals surface area (Å²) in [7, 11) is 0. The van der Waals surface area contributed by atoms with Crippen LogP contribution in [-0.4, -0.2) is 28.6 Å². The van der Waals surface area contributed by atoms with Crippen molar-refractivity contribution in [2.75, 3.05) is 18.1 Å². The maximum atomic E-state index is 12.9. The van der Waals surface area contributed by atoms with E-state index in [9.17, 15) is 4.79 Å². The van der Waals surface area contributed by atoms with Crippen molar-refractivity contribution in [2.24, 2.45) is 0 Å². The minimum Gasteiger partial charge on any atom is -0.494 e. The molecule has 5 nitrogen and oxygen atoms in total. The lowest BCUT2D eigenvalue weighted by Crippen LogP contribution is -2.24. The van der Waals surface area contributed by atoms with E-state index in [1.165, 1.54) is 0 Å². The van der Waals surface area contributed by atoms with E-state index in [1.807, 2.05) is 73.3 Å². The fourth-order valence-corrected chi connectivity index (χ4v) is 5.31. The maximum absolute atomic E-state index is 12.9. The first-order valence-electron chi connectivity index (χ1n) is 11.8. The van der Waals surface area contributed by atoms with Gasteiger partial charge in [-0.15, -0.1) is 0 Å². The van der Waals surface area contributed by atoms with Crippen molar-refractivity contribution < 1.29 is 9.53 Å². The van der Waals surface area contributed by atoms with Gasteiger partial charge in [0.15, 0.2) is 0 Å². The second kappa shape index (κ2) is 10.0. The fourth-order valence-electron chi connectivity index (χ4n) is 4.82. The van der Waals surface area contributed by atoms with Crippen molar-refractivity contribution in [2.45, 2.75) is 39.2 Å². The number of halogens is 2. The Bertz CT molecular complexity index is 1380. The minimum absolute atomic E-state index is 0.0383. The van der Waals surface area contributed by atoms with Gasteiger partial charge in [0.25, 0.3) is 0 Å². The molecule has 4 aromatic rings. The molecule has 1 aromatic heterocycles. The summed E-state index contributed by atoms with van der Waals surface area (Å²) in [6.45, 7) is 5.96. The Labute approximate surface area is 218 Å². The zero-order chi connectivity index (χ0) is 24.5. The number of nitrogens with zero attached hydrogens (tertiary/aromatic N) is 3. The molecule has 0 saturated carbocycles. The quantitative estimate of drug-likeness (QED) is 0.231. The average molecular weight is 553 g/mol. The largest absolute Gasteiger partial charge is 0.494 e. The summed E-state index contributed by atoms with van der Waals surface area (Å²) in [6.07, 6.45) is 1.28. The Hall–Kier alpha value is -2.83. The van der Waals surface area contributed by atoms with Gasteiger partial charge in [-0.2, -0.15) is 0 Å². The highest BCUT2D eigenvalue weighted by molar-refractivity contribution is 9.10. The van der Waals surface area contributed by atoms with Crippen LogP contribution in [0.2, 0.25) is 5.02 Å². The van der Waals surface area contributed by atoms with Gasteiger partial charge < -0.3 is 14.2 Å². The molecule has 0 radical (unpaired) electrons. The van der Waals surface area contributed by atoms with Crippen molar-refractivity contribution >= 4 is 50.2 Å². The van der Waals surface area contributed by atoms with Gasteiger partial charge in [-0.1, -0.05) is 45.7 Å². The molecule has 0 spiro atoms. The molecular formula is C28H27BrClN3O2. The summed E-state index contributed by atoms with van der Waals surface area (Å²) in [6, 6.07) is 20.0. The molecule has 180 valence electrons. The number of hydrogen-bond acceptors (Lipinski definition) is 3. The summed E-state index contributed by atoms with van der Waals surface area (Å²) in [5.74, 6) is 1.97. The van der Waals surface area contributed by atoms with Gasteiger partial charge in [0, 0.05) is 40.6 Å². The standard InChI is InChI=1S/C28H27BrClN3O2/c1-18-13-23(14-19(2)27(18)30)35-12-6-11-32-25-10-4-3-9-24(25)31-28(32)20-15-26(34)33(17-20)22-8-5-7-21(29)16-22/h3-5,7-10,13-14,16,20H,6,11-12,15,17H2,1-2H3. The summed E-state index contributed by atoms with van der Waals surface area (Å²) in [5.41, 5.74) is 5.00. The van der Waals surface area contributed by atoms with Gasteiger partial charge >= 0.3 is 0 Å². The molecule has 2 heterocycles. The number of carbonyl (C=O) groups is 1. The number of aromatic nitrogens is 2. The van der Waals surface area contributed by atoms with Gasteiger partial charge in [-0.3, -0.25) is 4.79 Å². The van der Waals surface area contributed by atoms with Crippen molar-refractivity contribution in [1.29, 1.82) is 0 Å². The number of rotatable bonds is 7. The van der Waals surface area contributed by atoms with E-state index in [4.69, 9.17) is 21.3 Å². The van der Waals surface area contributed by atoms with E-state index in [0.717, 1.165) is 61.9 Å². The number of carbonyl (C=O) groups excluding carboxylic acids is 1. The monoisotopic (exact) mass is 551 g/mol. The first kappa shape index (κ1) is 23.9. The fraction of sp³-hybridized carbons (Fsp3) is 0.286. The number of aryl methyl sites for hydroxylation is 3. The third-order valence-corrected chi connectivity index (χ3v) is 7.59. The summed E-state index contributed by atoms with van der Waals surface area (Å²) >= 11 is 9.80. The number of ether oxygens (including phenoxy) is 1. The highest BCUT2D eigenvalue weighted by atomic mass is 79.9. The number of hydrogen-bond donors (Lipinski definition) is 0. The number of amides is 1. The molecule has 1 atom stereocenters. The number of benzene rings is 3. The second-order valence-electron chi connectivity index (χ2n) is 9.07. The molecule has 7 heteroatoms. The van der Waals surface area contributed by atoms with Crippen molar-refractivity contribution in [1.82, 2.24) is 9.55 Å². The minimum atomic E-state index is 0.0383. The van der Waals surface area contributed by atoms with E-state index in [0.29, 0.717) is 19.6 Å². The summed E-state index contributed by atoms with van der Waals surface area (Å²) < 4.78 is 9.27. The third-order valence-electron chi connectivity index (χ3n) is 6.50. The molecule has 0 bridgehead atoms. The van der Waals surface area contributed by atoms with Crippen molar-refractivity contribution in [3.8, 4) is 5.75 Å². The number of para-hydroxylation sites is 2. The van der Waals surface area contributed by atoms with E-state index in [1.54, 1.807) is 0 Å². The SMILES string of the molecule is Cc1cc(OCCCn2c(C3CC(=O)N(c4cccc(Br)c4)C3)nc3ccccc32)cc(C)c1Cl. The van der Waals surface area contributed by atoms with Crippen LogP contribution in [0.1, 0.15) is 35.7 Å². The molecule has 1 aliphatic heterocycles. The Balaban J connectivity index is 1.34. The molecule has 1 unspecified atom stereocenters. The molecule has 35 heavy (non-hydrogen) atoms. The topological polar surface area (TPSA) is 47.4 Å². The van der Waals surface area contributed by atoms with Crippen LogP contribution in [0.5, 0.6) is 5.75 Å². The van der Waals surface area contributed by atoms with Gasteiger partial charge in [0.05, 0.1) is 17.6 Å². The Kier molecular flexibility index (Phi) is 6.85. The molecule has 5 rings (SSSR count). The van der Waals surface area contributed by atoms with Crippen LogP contribution in [0.25, 0.3) is 11.0 Å². The average Bonchev–Trinajstić information content (AvgIpc) is 3.40. The van der Waals surface area contributed by atoms with Crippen LogP contribution in [0.3, 0.4) is 0 Å². The molecule has 1 fully saturated rings. The van der Waals surface area contributed by atoms with E-state index >= 15 is 0 Å². The second-order valence-corrected chi connectivity index (χ2v) is 10.4. The Morgan fingerprint density at radius 2 is 1.86 bits per heavy atom. The molecule has 1 saturated heterocycles. The Morgan fingerprint density at radius 3 is 2.63 bits per heavy atom. The van der Waals surface area contributed by atoms with E-state index in [2.05, 4.69) is 26.6 Å². The lowest BCUT2D eigenvalue weighted by atomic mass is 10.1. The molecule has 0 aliphatic carbocycles. The zero-order valence-corrected chi connectivity index (χ0v) is 22.1. The van der Waals surface area contributed by atoms with Crippen LogP contribution in [0.15, 0.2) is 65.1 Å². The number of imidazole rings is 1. The smallest absolute Gasteiger partial charge is 0.227 e. The van der Waals surface area contributed by atoms with Crippen molar-refractivity contribution in [3.05, 3.63) is 87.1 Å².